The Hall–Kier alpha value is -1.19. The van der Waals surface area contributed by atoms with Crippen LogP contribution in [0.15, 0.2) is 35.4 Å². The fourth-order valence-corrected chi connectivity index (χ4v) is 2.85. The molecular weight excluding hydrogens is 377 g/mol. The van der Waals surface area contributed by atoms with Gasteiger partial charge in [0.25, 0.3) is 0 Å². The predicted octanol–water partition coefficient (Wildman–Crippen LogP) is 1.43. The number of rotatable bonds is 4. The van der Waals surface area contributed by atoms with Crippen LogP contribution in [0.3, 0.4) is 0 Å². The molecule has 1 fully saturated rings. The summed E-state index contributed by atoms with van der Waals surface area (Å²) in [6, 6.07) is 8.30. The lowest BCUT2D eigenvalue weighted by Gasteiger charge is -2.23. The van der Waals surface area contributed by atoms with Gasteiger partial charge in [0.15, 0.2) is 11.5 Å². The zero-order valence-electron chi connectivity index (χ0n) is 10.3. The smallest absolute Gasteiger partial charge is 0.194 e. The number of benzene rings is 1. The maximum absolute atomic E-state index is 12.3. The van der Waals surface area contributed by atoms with Crippen molar-refractivity contribution >= 4 is 28.4 Å². The molecule has 0 aromatic heterocycles. The number of aliphatic hydroxyl groups excluding tert-OH is 2. The zero-order valence-corrected chi connectivity index (χ0v) is 12.4. The third-order valence-electron chi connectivity index (χ3n) is 3.15. The highest BCUT2D eigenvalue weighted by molar-refractivity contribution is 14.1. The normalized spacial score (nSPS) is 32.6. The molecule has 1 aliphatic rings. The van der Waals surface area contributed by atoms with Crippen LogP contribution in [0.25, 0.3) is 10.4 Å². The summed E-state index contributed by atoms with van der Waals surface area (Å²) in [5.74, 6) is -0.461. The van der Waals surface area contributed by atoms with E-state index in [-0.39, 0.29) is 4.43 Å². The van der Waals surface area contributed by atoms with E-state index in [1.807, 2.05) is 22.6 Å². The highest BCUT2D eigenvalue weighted by atomic mass is 127. The van der Waals surface area contributed by atoms with E-state index < -0.39 is 29.8 Å². The summed E-state index contributed by atoms with van der Waals surface area (Å²) in [6.45, 7) is 0. The first-order valence-corrected chi connectivity index (χ1v) is 7.34. The first-order valence-electron chi connectivity index (χ1n) is 5.81. The van der Waals surface area contributed by atoms with Crippen LogP contribution in [0.4, 0.5) is 0 Å². The molecule has 8 heteroatoms. The van der Waals surface area contributed by atoms with Crippen molar-refractivity contribution in [3.05, 3.63) is 46.3 Å². The van der Waals surface area contributed by atoms with E-state index in [1.165, 1.54) is 0 Å². The van der Waals surface area contributed by atoms with Crippen LogP contribution >= 0.6 is 22.6 Å². The number of ketones is 1. The summed E-state index contributed by atoms with van der Waals surface area (Å²) in [4.78, 5) is 14.9. The van der Waals surface area contributed by atoms with E-state index in [0.29, 0.717) is 5.56 Å². The van der Waals surface area contributed by atoms with Gasteiger partial charge in [-0.2, -0.15) is 0 Å². The Morgan fingerprint density at radius 2 is 2.10 bits per heavy atom. The summed E-state index contributed by atoms with van der Waals surface area (Å²) in [5, 5.41) is 23.4. The third kappa shape index (κ3) is 2.52. The molecule has 0 bridgehead atoms. The van der Waals surface area contributed by atoms with Crippen molar-refractivity contribution in [1.29, 1.82) is 0 Å². The van der Waals surface area contributed by atoms with E-state index in [9.17, 15) is 15.0 Å². The molecule has 0 amide bonds. The molecule has 7 nitrogen and oxygen atoms in total. The number of alkyl halides is 1. The lowest BCUT2D eigenvalue weighted by atomic mass is 9.99. The molecule has 2 rings (SSSR count). The monoisotopic (exact) mass is 389 g/mol. The van der Waals surface area contributed by atoms with Crippen LogP contribution in [-0.4, -0.2) is 44.5 Å². The van der Waals surface area contributed by atoms with Crippen molar-refractivity contribution in [2.45, 2.75) is 24.0 Å². The second-order valence-electron chi connectivity index (χ2n) is 4.37. The number of hydrogen-bond acceptors (Lipinski definition) is 5. The molecule has 1 aliphatic heterocycles. The Labute approximate surface area is 128 Å². The van der Waals surface area contributed by atoms with Gasteiger partial charge >= 0.3 is 0 Å². The highest BCUT2D eigenvalue weighted by Crippen LogP contribution is 2.35. The standard InChI is InChI=1S/C12H12IN3O4/c13-6-12(15-16-14)11(19)9(18)10(20-12)8(17)7-4-2-1-3-5-7/h1-5,9-11,18-19H,6H2/t9-,10-,11-,12+/m0/s1. The van der Waals surface area contributed by atoms with E-state index in [0.717, 1.165) is 0 Å². The Bertz CT molecular complexity index is 549. The molecule has 2 N–H and O–H groups in total. The SMILES string of the molecule is [N-]=[N+]=N[C@]1(CI)O[C@@H](C(=O)c2ccccc2)[C@H](O)[C@@H]1O. The van der Waals surface area contributed by atoms with Crippen LogP contribution in [-0.2, 0) is 4.74 Å². The van der Waals surface area contributed by atoms with Gasteiger partial charge in [-0.25, -0.2) is 0 Å². The van der Waals surface area contributed by atoms with Gasteiger partial charge in [-0.3, -0.25) is 4.79 Å². The zero-order chi connectivity index (χ0) is 14.8. The number of halogens is 1. The van der Waals surface area contributed by atoms with Crippen molar-refractivity contribution in [1.82, 2.24) is 0 Å². The van der Waals surface area contributed by atoms with Crippen molar-refractivity contribution in [3.63, 3.8) is 0 Å². The van der Waals surface area contributed by atoms with Crippen molar-refractivity contribution in [2.75, 3.05) is 4.43 Å². The van der Waals surface area contributed by atoms with Gasteiger partial charge in [0, 0.05) is 14.9 Å². The van der Waals surface area contributed by atoms with E-state index in [1.54, 1.807) is 30.3 Å². The molecule has 0 radical (unpaired) electrons. The van der Waals surface area contributed by atoms with Crippen LogP contribution in [0.1, 0.15) is 10.4 Å². The molecule has 0 spiro atoms. The van der Waals surface area contributed by atoms with E-state index in [4.69, 9.17) is 10.3 Å². The summed E-state index contributed by atoms with van der Waals surface area (Å²) in [6.07, 6.45) is -4.15. The first-order chi connectivity index (χ1) is 9.55. The predicted molar refractivity (Wildman–Crippen MR) is 78.4 cm³/mol. The molecule has 4 atom stereocenters. The van der Waals surface area contributed by atoms with Crippen molar-refractivity contribution in [3.8, 4) is 0 Å². The minimum Gasteiger partial charge on any atom is -0.387 e. The minimum absolute atomic E-state index is 0.117. The average molecular weight is 389 g/mol. The number of ether oxygens (including phenoxy) is 1. The quantitative estimate of drug-likeness (QED) is 0.202. The van der Waals surface area contributed by atoms with Crippen LogP contribution in [0, 0.1) is 0 Å². The first kappa shape index (κ1) is 15.2. The van der Waals surface area contributed by atoms with Gasteiger partial charge in [-0.05, 0) is 5.53 Å². The Kier molecular flexibility index (Phi) is 4.61. The lowest BCUT2D eigenvalue weighted by Crippen LogP contribution is -2.42. The molecule has 106 valence electrons. The number of azide groups is 1. The summed E-state index contributed by atoms with van der Waals surface area (Å²) in [7, 11) is 0. The molecule has 1 saturated heterocycles. The average Bonchev–Trinajstić information content (AvgIpc) is 2.73. The molecule has 20 heavy (non-hydrogen) atoms. The fourth-order valence-electron chi connectivity index (χ4n) is 2.06. The van der Waals surface area contributed by atoms with Crippen LogP contribution in [0.5, 0.6) is 0 Å². The molecule has 1 heterocycles. The third-order valence-corrected chi connectivity index (χ3v) is 4.24. The van der Waals surface area contributed by atoms with Crippen LogP contribution < -0.4 is 0 Å². The number of carbonyl (C=O) groups excluding carboxylic acids is 1. The molecule has 0 aliphatic carbocycles. The van der Waals surface area contributed by atoms with Crippen molar-refractivity contribution in [2.24, 2.45) is 5.11 Å². The topological polar surface area (TPSA) is 116 Å². The van der Waals surface area contributed by atoms with Gasteiger partial charge in [-0.15, -0.1) is 0 Å². The van der Waals surface area contributed by atoms with Gasteiger partial charge in [0.2, 0.25) is 0 Å². The maximum atomic E-state index is 12.3. The Morgan fingerprint density at radius 3 is 2.65 bits per heavy atom. The van der Waals surface area contributed by atoms with Gasteiger partial charge in [0.1, 0.15) is 18.3 Å². The van der Waals surface area contributed by atoms with E-state index in [2.05, 4.69) is 10.0 Å². The molecule has 0 unspecified atom stereocenters. The lowest BCUT2D eigenvalue weighted by molar-refractivity contribution is -0.0517. The largest absolute Gasteiger partial charge is 0.387 e. The maximum Gasteiger partial charge on any atom is 0.194 e. The molecule has 0 saturated carbocycles. The van der Waals surface area contributed by atoms with Gasteiger partial charge in [0.05, 0.1) is 0 Å². The fraction of sp³-hybridized carbons (Fsp3) is 0.417. The summed E-state index contributed by atoms with van der Waals surface area (Å²) >= 11 is 1.87. The molecular formula is C12H12IN3O4. The number of nitrogens with zero attached hydrogens (tertiary/aromatic N) is 3. The molecule has 1 aromatic rings. The Balaban J connectivity index is 2.31. The highest BCUT2D eigenvalue weighted by Gasteiger charge is 2.55. The number of hydrogen-bond donors (Lipinski definition) is 2. The Morgan fingerprint density at radius 1 is 1.45 bits per heavy atom. The second kappa shape index (κ2) is 6.06. The minimum atomic E-state index is -1.62. The summed E-state index contributed by atoms with van der Waals surface area (Å²) in [5.41, 5.74) is 7.30. The van der Waals surface area contributed by atoms with Crippen molar-refractivity contribution < 1.29 is 19.7 Å². The van der Waals surface area contributed by atoms with Crippen LogP contribution in [0.2, 0.25) is 0 Å². The van der Waals surface area contributed by atoms with Gasteiger partial charge < -0.3 is 14.9 Å². The van der Waals surface area contributed by atoms with Gasteiger partial charge in [-0.1, -0.05) is 58.0 Å². The second-order valence-corrected chi connectivity index (χ2v) is 5.13. The van der Waals surface area contributed by atoms with E-state index >= 15 is 0 Å². The number of carbonyl (C=O) groups is 1. The number of aliphatic hydroxyl groups is 2. The number of Topliss-reactive ketones (excluding diaryl/α,β-unsaturated/α-hetero) is 1. The summed E-state index contributed by atoms with van der Waals surface area (Å²) < 4.78 is 5.52. The molecule has 1 aromatic carbocycles.